The van der Waals surface area contributed by atoms with Gasteiger partial charge in [0.25, 0.3) is 11.1 Å². The van der Waals surface area contributed by atoms with E-state index in [9.17, 15) is 14.7 Å². The third kappa shape index (κ3) is 1.21. The van der Waals surface area contributed by atoms with Gasteiger partial charge < -0.3 is 5.11 Å². The number of hydrogen-bond acceptors (Lipinski definition) is 4. The molecule has 1 N–H and O–H groups in total. The minimum atomic E-state index is -0.373. The molecule has 0 saturated carbocycles. The standard InChI is InChI=1S/C11H11N3O3/c1-6-2-8-10-13(9(16)3-12-8)4-7(5-15)14(10)11(6)17/h2-3,7,15H,4-5H2,1H3/t7-/m0/s1. The molecule has 0 fully saturated rings. The molecule has 0 radical (unpaired) electrons. The number of aromatic nitrogens is 3. The first-order chi connectivity index (χ1) is 8.13. The first kappa shape index (κ1) is 10.2. The highest BCUT2D eigenvalue weighted by Crippen LogP contribution is 2.22. The molecule has 6 nitrogen and oxygen atoms in total. The van der Waals surface area contributed by atoms with E-state index < -0.39 is 0 Å². The lowest BCUT2D eigenvalue weighted by molar-refractivity contribution is 0.225. The van der Waals surface area contributed by atoms with Crippen molar-refractivity contribution in [3.05, 3.63) is 38.5 Å². The number of nitrogens with zero attached hydrogens (tertiary/aromatic N) is 3. The molecule has 3 rings (SSSR count). The molecule has 6 heteroatoms. The average molecular weight is 233 g/mol. The van der Waals surface area contributed by atoms with Crippen molar-refractivity contribution in [3.63, 3.8) is 0 Å². The molecule has 3 heterocycles. The summed E-state index contributed by atoms with van der Waals surface area (Å²) in [6.07, 6.45) is 1.25. The van der Waals surface area contributed by atoms with Gasteiger partial charge in [0.1, 0.15) is 11.2 Å². The van der Waals surface area contributed by atoms with Crippen LogP contribution >= 0.6 is 0 Å². The summed E-state index contributed by atoms with van der Waals surface area (Å²) < 4.78 is 2.96. The quantitative estimate of drug-likeness (QED) is 0.714. The summed E-state index contributed by atoms with van der Waals surface area (Å²) in [4.78, 5) is 27.7. The van der Waals surface area contributed by atoms with Crippen LogP contribution in [0.4, 0.5) is 0 Å². The van der Waals surface area contributed by atoms with Crippen LogP contribution < -0.4 is 11.1 Å². The molecule has 0 bridgehead atoms. The van der Waals surface area contributed by atoms with Gasteiger partial charge in [-0.1, -0.05) is 0 Å². The van der Waals surface area contributed by atoms with Gasteiger partial charge in [-0.2, -0.15) is 0 Å². The summed E-state index contributed by atoms with van der Waals surface area (Å²) in [6.45, 7) is 1.86. The van der Waals surface area contributed by atoms with Crippen LogP contribution in [0.2, 0.25) is 0 Å². The second kappa shape index (κ2) is 3.27. The van der Waals surface area contributed by atoms with Crippen LogP contribution in [0.15, 0.2) is 21.9 Å². The minimum absolute atomic E-state index is 0.167. The van der Waals surface area contributed by atoms with Crippen molar-refractivity contribution in [2.75, 3.05) is 6.61 Å². The molecule has 1 atom stereocenters. The lowest BCUT2D eigenvalue weighted by Gasteiger charge is -2.09. The number of hydrogen-bond donors (Lipinski definition) is 1. The van der Waals surface area contributed by atoms with Crippen molar-refractivity contribution in [2.24, 2.45) is 0 Å². The molecule has 0 unspecified atom stereocenters. The van der Waals surface area contributed by atoms with Gasteiger partial charge in [0.2, 0.25) is 0 Å². The van der Waals surface area contributed by atoms with Crippen molar-refractivity contribution in [3.8, 4) is 0 Å². The Kier molecular flexibility index (Phi) is 1.97. The Morgan fingerprint density at radius 1 is 1.53 bits per heavy atom. The SMILES string of the molecule is Cc1cc2ncc(=O)n3c2n(c1=O)[C@H](CO)C3. The van der Waals surface area contributed by atoms with Crippen molar-refractivity contribution in [2.45, 2.75) is 19.5 Å². The first-order valence-corrected chi connectivity index (χ1v) is 5.36. The second-order valence-corrected chi connectivity index (χ2v) is 4.25. The van der Waals surface area contributed by atoms with Crippen LogP contribution in [-0.2, 0) is 6.54 Å². The largest absolute Gasteiger partial charge is 0.394 e. The normalized spacial score (nSPS) is 17.9. The van der Waals surface area contributed by atoms with E-state index in [1.807, 2.05) is 0 Å². The molecule has 0 spiro atoms. The van der Waals surface area contributed by atoms with Gasteiger partial charge in [-0.3, -0.25) is 18.7 Å². The van der Waals surface area contributed by atoms with Crippen LogP contribution in [0.1, 0.15) is 11.6 Å². The predicted molar refractivity (Wildman–Crippen MR) is 61.1 cm³/mol. The lowest BCUT2D eigenvalue weighted by Crippen LogP contribution is -2.26. The highest BCUT2D eigenvalue weighted by molar-refractivity contribution is 5.72. The zero-order valence-corrected chi connectivity index (χ0v) is 9.25. The number of pyridine rings is 1. The fourth-order valence-corrected chi connectivity index (χ4v) is 2.35. The Labute approximate surface area is 95.8 Å². The summed E-state index contributed by atoms with van der Waals surface area (Å²) in [5.41, 5.74) is 1.26. The van der Waals surface area contributed by atoms with Gasteiger partial charge in [0.05, 0.1) is 25.4 Å². The molecule has 1 aliphatic heterocycles. The third-order valence-corrected chi connectivity index (χ3v) is 3.17. The van der Waals surface area contributed by atoms with Crippen molar-refractivity contribution in [1.29, 1.82) is 0 Å². The fourth-order valence-electron chi connectivity index (χ4n) is 2.35. The van der Waals surface area contributed by atoms with Crippen molar-refractivity contribution in [1.82, 2.24) is 14.1 Å². The van der Waals surface area contributed by atoms with Crippen LogP contribution in [0.25, 0.3) is 11.2 Å². The Morgan fingerprint density at radius 2 is 2.29 bits per heavy atom. The maximum absolute atomic E-state index is 12.0. The van der Waals surface area contributed by atoms with Gasteiger partial charge in [-0.15, -0.1) is 0 Å². The summed E-state index contributed by atoms with van der Waals surface area (Å²) >= 11 is 0. The maximum Gasteiger partial charge on any atom is 0.270 e. The van der Waals surface area contributed by atoms with E-state index in [1.165, 1.54) is 15.3 Å². The Balaban J connectivity index is 2.56. The third-order valence-electron chi connectivity index (χ3n) is 3.17. The summed E-state index contributed by atoms with van der Waals surface area (Å²) in [6, 6.07) is 1.30. The van der Waals surface area contributed by atoms with Crippen LogP contribution in [-0.4, -0.2) is 25.8 Å². The fraction of sp³-hybridized carbons (Fsp3) is 0.364. The molecule has 2 aromatic heterocycles. The van der Waals surface area contributed by atoms with E-state index in [1.54, 1.807) is 13.0 Å². The van der Waals surface area contributed by atoms with Crippen LogP contribution in [0.5, 0.6) is 0 Å². The van der Waals surface area contributed by atoms with Gasteiger partial charge in [0, 0.05) is 5.56 Å². The Morgan fingerprint density at radius 3 is 3.00 bits per heavy atom. The van der Waals surface area contributed by atoms with Gasteiger partial charge in [0.15, 0.2) is 0 Å². The molecular formula is C11H11N3O3. The second-order valence-electron chi connectivity index (χ2n) is 4.25. The summed E-state index contributed by atoms with van der Waals surface area (Å²) in [7, 11) is 0. The van der Waals surface area contributed by atoms with E-state index >= 15 is 0 Å². The average Bonchev–Trinajstić information content (AvgIpc) is 2.71. The number of rotatable bonds is 1. The maximum atomic E-state index is 12.0. The monoisotopic (exact) mass is 233 g/mol. The molecular weight excluding hydrogens is 222 g/mol. The lowest BCUT2D eigenvalue weighted by atomic mass is 10.2. The minimum Gasteiger partial charge on any atom is -0.394 e. The van der Waals surface area contributed by atoms with Crippen LogP contribution in [0, 0.1) is 6.92 Å². The Bertz CT molecular complexity index is 729. The topological polar surface area (TPSA) is 77.1 Å². The molecule has 0 aliphatic carbocycles. The molecule has 0 amide bonds. The van der Waals surface area contributed by atoms with Crippen molar-refractivity contribution >= 4 is 11.2 Å². The number of aliphatic hydroxyl groups is 1. The van der Waals surface area contributed by atoms with Crippen LogP contribution in [0.3, 0.4) is 0 Å². The smallest absolute Gasteiger partial charge is 0.270 e. The first-order valence-electron chi connectivity index (χ1n) is 5.36. The van der Waals surface area contributed by atoms with E-state index in [0.717, 1.165) is 0 Å². The summed E-state index contributed by atoms with van der Waals surface area (Å²) in [5, 5.41) is 9.30. The number of aryl methyl sites for hydroxylation is 1. The van der Waals surface area contributed by atoms with Gasteiger partial charge in [-0.05, 0) is 13.0 Å². The van der Waals surface area contributed by atoms with Gasteiger partial charge in [-0.25, -0.2) is 4.98 Å². The highest BCUT2D eigenvalue weighted by atomic mass is 16.3. The zero-order valence-electron chi connectivity index (χ0n) is 9.25. The molecule has 2 aromatic rings. The molecule has 0 aromatic carbocycles. The molecule has 17 heavy (non-hydrogen) atoms. The zero-order chi connectivity index (χ0) is 12.2. The highest BCUT2D eigenvalue weighted by Gasteiger charge is 2.26. The predicted octanol–water partition coefficient (Wildman–Crippen LogP) is -0.586. The molecule has 88 valence electrons. The molecule has 1 aliphatic rings. The number of aliphatic hydroxyl groups excluding tert-OH is 1. The van der Waals surface area contributed by atoms with E-state index in [4.69, 9.17) is 0 Å². The van der Waals surface area contributed by atoms with Gasteiger partial charge >= 0.3 is 0 Å². The van der Waals surface area contributed by atoms with E-state index in [-0.39, 0.29) is 23.8 Å². The molecule has 0 saturated heterocycles. The van der Waals surface area contributed by atoms with Crippen molar-refractivity contribution < 1.29 is 5.11 Å². The summed E-state index contributed by atoms with van der Waals surface area (Å²) in [5.74, 6) is 0. The van der Waals surface area contributed by atoms with E-state index in [0.29, 0.717) is 23.3 Å². The Hall–Kier alpha value is -1.95. The van der Waals surface area contributed by atoms with E-state index in [2.05, 4.69) is 4.98 Å².